The maximum Gasteiger partial charge on any atom is 0.485 e. The minimum atomic E-state index is -6.09. The van der Waals surface area contributed by atoms with Crippen LogP contribution < -0.4 is 31.9 Å². The number of nitrogens with two attached hydrogens (primary N) is 1. The summed E-state index contributed by atoms with van der Waals surface area (Å²) in [5.41, 5.74) is 7.07. The van der Waals surface area contributed by atoms with Crippen LogP contribution in [0.25, 0.3) is 11.1 Å². The number of amides is 2. The van der Waals surface area contributed by atoms with Crippen molar-refractivity contribution in [3.8, 4) is 11.1 Å². The molecule has 15 nitrogen and oxygen atoms in total. The number of nitrogens with one attached hydrogen (secondary N) is 3. The Kier molecular flexibility index (Phi) is 10.5. The summed E-state index contributed by atoms with van der Waals surface area (Å²) in [6.45, 7) is 1.58. The molecule has 2 aliphatic rings. The van der Waals surface area contributed by atoms with Crippen molar-refractivity contribution in [2.24, 2.45) is 5.73 Å². The highest BCUT2D eigenvalue weighted by Crippen LogP contribution is 2.29. The van der Waals surface area contributed by atoms with Crippen molar-refractivity contribution in [1.29, 1.82) is 0 Å². The van der Waals surface area contributed by atoms with Crippen LogP contribution in [0.2, 0.25) is 0 Å². The van der Waals surface area contributed by atoms with Gasteiger partial charge in [0.2, 0.25) is 5.91 Å². The van der Waals surface area contributed by atoms with Crippen LogP contribution in [-0.2, 0) is 29.2 Å². The van der Waals surface area contributed by atoms with E-state index in [4.69, 9.17) is 28.2 Å². The molecule has 2 aliphatic heterocycles. The summed E-state index contributed by atoms with van der Waals surface area (Å²) >= 11 is 0. The summed E-state index contributed by atoms with van der Waals surface area (Å²) in [5, 5.41) is 4.17. The summed E-state index contributed by atoms with van der Waals surface area (Å²) in [7, 11) is -6.09. The van der Waals surface area contributed by atoms with E-state index in [1.54, 1.807) is 35.5 Å². The lowest BCUT2D eigenvalue weighted by Crippen LogP contribution is -2.37. The quantitative estimate of drug-likeness (QED) is 0.136. The number of alkyl halides is 3. The van der Waals surface area contributed by atoms with Gasteiger partial charge in [-0.3, -0.25) is 14.5 Å². The molecule has 20 heteroatoms. The fourth-order valence-electron chi connectivity index (χ4n) is 3.46. The Labute approximate surface area is 241 Å². The number of cyclic esters (lactones) is 1. The van der Waals surface area contributed by atoms with E-state index < -0.39 is 39.6 Å². The number of rotatable bonds is 8. The molecule has 2 amide bonds. The van der Waals surface area contributed by atoms with Gasteiger partial charge in [-0.25, -0.2) is 27.6 Å². The van der Waals surface area contributed by atoms with E-state index in [2.05, 4.69) is 21.3 Å². The molecule has 5 N–H and O–H groups in total. The minimum absolute atomic E-state index is 0.0216. The van der Waals surface area contributed by atoms with Gasteiger partial charge in [0.05, 0.1) is 31.0 Å². The van der Waals surface area contributed by atoms with Gasteiger partial charge in [0.15, 0.2) is 10.1 Å². The van der Waals surface area contributed by atoms with Gasteiger partial charge in [-0.2, -0.15) is 13.2 Å². The van der Waals surface area contributed by atoms with Crippen LogP contribution in [0.4, 0.5) is 33.9 Å². The van der Waals surface area contributed by atoms with E-state index in [0.717, 1.165) is 0 Å². The first-order chi connectivity index (χ1) is 20.1. The van der Waals surface area contributed by atoms with Crippen molar-refractivity contribution in [2.75, 3.05) is 36.1 Å². The standard InChI is InChI=1S/C22H24FN7O5.CHF3O3S/c1-13(31)25-9-17-11-29(22(33)35-17)16-3-4-18(19(23)6-16)14-2-5-20(26-8-14)30-10-15(27-28-30)12-34-21(32)7-24;2-1(3,4)8(5,6)7/h2-6,8,10,17,27-28H,7,9,11-12,24H2,1H3,(H,25,31);(H,5,6,7)/p-1/t17-;/m0./s1. The van der Waals surface area contributed by atoms with Crippen LogP contribution in [0.15, 0.2) is 48.4 Å². The second-order valence-corrected chi connectivity index (χ2v) is 10.0. The van der Waals surface area contributed by atoms with Crippen molar-refractivity contribution in [2.45, 2.75) is 18.5 Å². The van der Waals surface area contributed by atoms with Crippen molar-refractivity contribution in [1.82, 2.24) is 21.3 Å². The van der Waals surface area contributed by atoms with Gasteiger partial charge < -0.3 is 30.5 Å². The van der Waals surface area contributed by atoms with Crippen molar-refractivity contribution < 1.29 is 54.4 Å². The molecule has 1 atom stereocenters. The lowest BCUT2D eigenvalue weighted by atomic mass is 10.1. The number of hydrogen-bond acceptors (Lipinski definition) is 13. The fourth-order valence-corrected chi connectivity index (χ4v) is 3.46. The van der Waals surface area contributed by atoms with E-state index in [0.29, 0.717) is 28.3 Å². The number of esters is 1. The molecule has 1 aromatic carbocycles. The van der Waals surface area contributed by atoms with E-state index >= 15 is 0 Å². The van der Waals surface area contributed by atoms with Crippen molar-refractivity contribution >= 4 is 39.6 Å². The molecule has 0 bridgehead atoms. The number of ether oxygens (including phenoxy) is 2. The first-order valence-electron chi connectivity index (χ1n) is 12.0. The van der Waals surface area contributed by atoms with Crippen LogP contribution in [0.1, 0.15) is 6.92 Å². The van der Waals surface area contributed by atoms with Gasteiger partial charge >= 0.3 is 17.6 Å². The van der Waals surface area contributed by atoms with E-state index in [9.17, 15) is 31.9 Å². The zero-order chi connectivity index (χ0) is 31.9. The third-order valence-electron chi connectivity index (χ3n) is 5.48. The minimum Gasteiger partial charge on any atom is -0.741 e. The van der Waals surface area contributed by atoms with Gasteiger partial charge in [-0.05, 0) is 30.3 Å². The van der Waals surface area contributed by atoms with E-state index in [1.807, 2.05) is 0 Å². The first kappa shape index (κ1) is 33.0. The molecule has 2 aromatic rings. The second kappa shape index (κ2) is 13.6. The van der Waals surface area contributed by atoms with Crippen LogP contribution in [-0.4, -0.2) is 73.8 Å². The monoisotopic (exact) mass is 634 g/mol. The zero-order valence-corrected chi connectivity index (χ0v) is 22.9. The molecule has 1 aromatic heterocycles. The maximum atomic E-state index is 14.9. The molecular formula is C23H24F4N7O8S-. The molecule has 4 rings (SSSR count). The van der Waals surface area contributed by atoms with Crippen LogP contribution in [0.5, 0.6) is 0 Å². The summed E-state index contributed by atoms with van der Waals surface area (Å²) in [4.78, 5) is 40.1. The normalized spacial score (nSPS) is 16.5. The zero-order valence-electron chi connectivity index (χ0n) is 22.1. The number of aromatic nitrogens is 1. The Balaban J connectivity index is 0.000000557. The molecule has 1 fully saturated rings. The number of hydrazine groups is 2. The Morgan fingerprint density at radius 2 is 1.98 bits per heavy atom. The van der Waals surface area contributed by atoms with Crippen LogP contribution in [0, 0.1) is 5.82 Å². The first-order valence-corrected chi connectivity index (χ1v) is 13.4. The van der Waals surface area contributed by atoms with Crippen molar-refractivity contribution in [3.63, 3.8) is 0 Å². The Morgan fingerprint density at radius 3 is 2.53 bits per heavy atom. The number of nitrogens with zero attached hydrogens (tertiary/aromatic N) is 3. The molecule has 3 heterocycles. The number of benzene rings is 1. The molecule has 0 saturated carbocycles. The number of pyridine rings is 1. The lowest BCUT2D eigenvalue weighted by Gasteiger charge is -2.16. The fraction of sp³-hybridized carbons (Fsp3) is 0.304. The maximum absolute atomic E-state index is 14.9. The SMILES string of the molecule is CC(=O)NC[C@H]1CN(c2ccc(-c3ccc(N4C=C(COC(=O)CN)NN4)nc3)c(F)c2)C(=O)O1.O=S(=O)([O-])C(F)(F)F. The van der Waals surface area contributed by atoms with Gasteiger partial charge in [-0.15, -0.1) is 5.53 Å². The van der Waals surface area contributed by atoms with Gasteiger partial charge in [0.25, 0.3) is 0 Å². The topological polar surface area (TPSA) is 208 Å². The third kappa shape index (κ3) is 8.98. The lowest BCUT2D eigenvalue weighted by molar-refractivity contribution is -0.141. The molecule has 0 unspecified atom stereocenters. The van der Waals surface area contributed by atoms with E-state index in [1.165, 1.54) is 24.1 Å². The number of carbonyl (C=O) groups excluding carboxylic acids is 3. The Bertz CT molecular complexity index is 1490. The van der Waals surface area contributed by atoms with E-state index in [-0.39, 0.29) is 32.1 Å². The summed E-state index contributed by atoms with van der Waals surface area (Å²) in [5.74, 6) is -0.757. The highest BCUT2D eigenvalue weighted by atomic mass is 32.2. The number of halogens is 4. The summed E-state index contributed by atoms with van der Waals surface area (Å²) in [6.07, 6.45) is 2.07. The van der Waals surface area contributed by atoms with Gasteiger partial charge in [0.1, 0.15) is 24.3 Å². The smallest absolute Gasteiger partial charge is 0.485 e. The molecule has 0 radical (unpaired) electrons. The Hall–Kier alpha value is -4.53. The summed E-state index contributed by atoms with van der Waals surface area (Å²) in [6, 6.07) is 7.84. The molecule has 234 valence electrons. The highest BCUT2D eigenvalue weighted by molar-refractivity contribution is 7.86. The average Bonchev–Trinajstić information content (AvgIpc) is 3.56. The Morgan fingerprint density at radius 1 is 1.28 bits per heavy atom. The number of carbonyl (C=O) groups is 3. The van der Waals surface area contributed by atoms with Gasteiger partial charge in [-0.1, -0.05) is 0 Å². The molecule has 1 saturated heterocycles. The van der Waals surface area contributed by atoms with Crippen LogP contribution >= 0.6 is 0 Å². The second-order valence-electron chi connectivity index (χ2n) is 8.65. The highest BCUT2D eigenvalue weighted by Gasteiger charge is 2.37. The molecule has 43 heavy (non-hydrogen) atoms. The van der Waals surface area contributed by atoms with Crippen LogP contribution in [0.3, 0.4) is 0 Å². The third-order valence-corrected chi connectivity index (χ3v) is 6.05. The average molecular weight is 635 g/mol. The number of anilines is 2. The molecular weight excluding hydrogens is 610 g/mol. The van der Waals surface area contributed by atoms with Crippen molar-refractivity contribution in [3.05, 3.63) is 54.2 Å². The number of hydrogen-bond donors (Lipinski definition) is 4. The molecule has 0 aliphatic carbocycles. The largest absolute Gasteiger partial charge is 0.741 e. The predicted octanol–water partition coefficient (Wildman–Crippen LogP) is 0.573. The van der Waals surface area contributed by atoms with Gasteiger partial charge in [0, 0.05) is 30.4 Å². The molecule has 0 spiro atoms. The summed E-state index contributed by atoms with van der Waals surface area (Å²) < 4.78 is 84.0. The predicted molar refractivity (Wildman–Crippen MR) is 139 cm³/mol.